The molecule has 9 heavy (non-hydrogen) atoms. The normalized spacial score (nSPS) is 21.9. The van der Waals surface area contributed by atoms with Crippen LogP contribution in [0.3, 0.4) is 0 Å². The fourth-order valence-corrected chi connectivity index (χ4v) is 0.708. The molecule has 0 bridgehead atoms. The van der Waals surface area contributed by atoms with Crippen LogP contribution in [0.1, 0.15) is 18.7 Å². The van der Waals surface area contributed by atoms with Crippen molar-refractivity contribution in [2.75, 3.05) is 0 Å². The lowest BCUT2D eigenvalue weighted by atomic mass is 10.3. The van der Waals surface area contributed by atoms with Crippen molar-refractivity contribution in [2.24, 2.45) is 0 Å². The minimum Gasteiger partial charge on any atom is -0.425 e. The predicted molar refractivity (Wildman–Crippen MR) is 27.4 cm³/mol. The third kappa shape index (κ3) is 0.632. The van der Waals surface area contributed by atoms with Crippen molar-refractivity contribution in [3.63, 3.8) is 0 Å². The van der Waals surface area contributed by atoms with Crippen molar-refractivity contribution in [3.05, 3.63) is 12.3 Å². The molecule has 4 heteroatoms. The largest absolute Gasteiger partial charge is 0.425 e. The van der Waals surface area contributed by atoms with E-state index in [1.807, 2.05) is 0 Å². The molecule has 0 unspecified atom stereocenters. The van der Waals surface area contributed by atoms with Gasteiger partial charge in [-0.15, -0.1) is 10.2 Å². The monoisotopic (exact) mass is 126 g/mol. The molecule has 0 amide bonds. The van der Waals surface area contributed by atoms with E-state index in [1.165, 1.54) is 6.39 Å². The van der Waals surface area contributed by atoms with Gasteiger partial charge < -0.3 is 9.52 Å². The van der Waals surface area contributed by atoms with Gasteiger partial charge in [0.15, 0.2) is 0 Å². The van der Waals surface area contributed by atoms with Crippen LogP contribution >= 0.6 is 0 Å². The maximum absolute atomic E-state index is 9.29. The van der Waals surface area contributed by atoms with Crippen molar-refractivity contribution >= 4 is 0 Å². The Kier molecular flexibility index (Phi) is 0.728. The van der Waals surface area contributed by atoms with Gasteiger partial charge in [-0.25, -0.2) is 0 Å². The van der Waals surface area contributed by atoms with E-state index in [-0.39, 0.29) is 0 Å². The molecular weight excluding hydrogens is 120 g/mol. The van der Waals surface area contributed by atoms with E-state index < -0.39 is 5.60 Å². The second-order valence-electron chi connectivity index (χ2n) is 2.28. The van der Waals surface area contributed by atoms with Crippen LogP contribution in [0.2, 0.25) is 0 Å². The second-order valence-corrected chi connectivity index (χ2v) is 2.28. The van der Waals surface area contributed by atoms with E-state index in [9.17, 15) is 5.11 Å². The highest BCUT2D eigenvalue weighted by Gasteiger charge is 2.46. The van der Waals surface area contributed by atoms with Crippen LogP contribution in [-0.4, -0.2) is 15.3 Å². The molecule has 48 valence electrons. The van der Waals surface area contributed by atoms with Gasteiger partial charge in [-0.05, 0) is 12.8 Å². The van der Waals surface area contributed by atoms with Crippen LogP contribution in [0.15, 0.2) is 10.8 Å². The molecule has 1 N–H and O–H groups in total. The molecule has 2 rings (SSSR count). The zero-order valence-corrected chi connectivity index (χ0v) is 4.74. The Morgan fingerprint density at radius 3 is 2.89 bits per heavy atom. The lowest BCUT2D eigenvalue weighted by Crippen LogP contribution is -2.03. The first-order chi connectivity index (χ1) is 4.31. The van der Waals surface area contributed by atoms with Gasteiger partial charge in [0.2, 0.25) is 12.3 Å². The number of hydrogen-bond acceptors (Lipinski definition) is 4. The Labute approximate surface area is 51.5 Å². The van der Waals surface area contributed by atoms with Gasteiger partial charge in [0.05, 0.1) is 0 Å². The maximum atomic E-state index is 9.29. The molecule has 1 aliphatic carbocycles. The average Bonchev–Trinajstić information content (AvgIpc) is 2.46. The van der Waals surface area contributed by atoms with Gasteiger partial charge >= 0.3 is 0 Å². The molecule has 1 heterocycles. The summed E-state index contributed by atoms with van der Waals surface area (Å²) in [6.45, 7) is 0. The number of rotatable bonds is 1. The summed E-state index contributed by atoms with van der Waals surface area (Å²) in [4.78, 5) is 0. The SMILES string of the molecule is OC1(c2nnco2)CC1. The number of aliphatic hydroxyl groups is 1. The summed E-state index contributed by atoms with van der Waals surface area (Å²) < 4.78 is 4.79. The lowest BCUT2D eigenvalue weighted by Gasteiger charge is -1.95. The van der Waals surface area contributed by atoms with Gasteiger partial charge in [-0.1, -0.05) is 0 Å². The molecule has 0 radical (unpaired) electrons. The number of hydrogen-bond donors (Lipinski definition) is 1. The molecule has 1 fully saturated rings. The van der Waals surface area contributed by atoms with Crippen LogP contribution in [0.25, 0.3) is 0 Å². The van der Waals surface area contributed by atoms with Gasteiger partial charge in [0.25, 0.3) is 0 Å². The van der Waals surface area contributed by atoms with Crippen LogP contribution in [0.5, 0.6) is 0 Å². The lowest BCUT2D eigenvalue weighted by molar-refractivity contribution is 0.117. The third-order valence-electron chi connectivity index (χ3n) is 1.48. The summed E-state index contributed by atoms with van der Waals surface area (Å²) in [6.07, 6.45) is 2.72. The fraction of sp³-hybridized carbons (Fsp3) is 0.600. The Bertz CT molecular complexity index is 203. The summed E-state index contributed by atoms with van der Waals surface area (Å²) in [5.74, 6) is 0.350. The predicted octanol–water partition coefficient (Wildman–Crippen LogP) is 0.0510. The van der Waals surface area contributed by atoms with Gasteiger partial charge in [-0.2, -0.15) is 0 Å². The molecule has 0 spiro atoms. The number of aromatic nitrogens is 2. The molecule has 1 aromatic rings. The summed E-state index contributed by atoms with van der Waals surface area (Å²) in [6, 6.07) is 0. The van der Waals surface area contributed by atoms with Crippen molar-refractivity contribution in [3.8, 4) is 0 Å². The highest BCUT2D eigenvalue weighted by Crippen LogP contribution is 2.43. The van der Waals surface area contributed by atoms with Crippen LogP contribution in [-0.2, 0) is 5.60 Å². The van der Waals surface area contributed by atoms with Crippen LogP contribution < -0.4 is 0 Å². The Morgan fingerprint density at radius 2 is 2.44 bits per heavy atom. The van der Waals surface area contributed by atoms with Crippen molar-refractivity contribution in [1.29, 1.82) is 0 Å². The van der Waals surface area contributed by atoms with E-state index in [0.29, 0.717) is 5.89 Å². The quantitative estimate of drug-likeness (QED) is 0.577. The first kappa shape index (κ1) is 4.93. The summed E-state index contributed by atoms with van der Waals surface area (Å²) in [7, 11) is 0. The maximum Gasteiger partial charge on any atom is 0.247 e. The molecule has 1 saturated carbocycles. The Morgan fingerprint density at radius 1 is 1.67 bits per heavy atom. The highest BCUT2D eigenvalue weighted by molar-refractivity contribution is 5.05. The van der Waals surface area contributed by atoms with Gasteiger partial charge in [-0.3, -0.25) is 0 Å². The summed E-state index contributed by atoms with van der Waals surface area (Å²) in [5, 5.41) is 16.3. The van der Waals surface area contributed by atoms with E-state index in [0.717, 1.165) is 12.8 Å². The van der Waals surface area contributed by atoms with E-state index >= 15 is 0 Å². The van der Waals surface area contributed by atoms with E-state index in [2.05, 4.69) is 10.2 Å². The van der Waals surface area contributed by atoms with Crippen LogP contribution in [0, 0.1) is 0 Å². The average molecular weight is 126 g/mol. The molecule has 0 saturated heterocycles. The molecule has 0 atom stereocenters. The van der Waals surface area contributed by atoms with Gasteiger partial charge in [0.1, 0.15) is 5.60 Å². The van der Waals surface area contributed by atoms with Crippen molar-refractivity contribution in [2.45, 2.75) is 18.4 Å². The molecular formula is C5H6N2O2. The van der Waals surface area contributed by atoms with Crippen LogP contribution in [0.4, 0.5) is 0 Å². The van der Waals surface area contributed by atoms with Crippen molar-refractivity contribution < 1.29 is 9.52 Å². The van der Waals surface area contributed by atoms with Gasteiger partial charge in [0, 0.05) is 0 Å². The molecule has 1 aliphatic rings. The van der Waals surface area contributed by atoms with E-state index in [4.69, 9.17) is 4.42 Å². The molecule has 0 aliphatic heterocycles. The second kappa shape index (κ2) is 1.33. The Balaban J connectivity index is 2.34. The first-order valence-corrected chi connectivity index (χ1v) is 2.80. The Hall–Kier alpha value is -0.900. The van der Waals surface area contributed by atoms with Crippen molar-refractivity contribution in [1.82, 2.24) is 10.2 Å². The minimum atomic E-state index is -0.767. The summed E-state index contributed by atoms with van der Waals surface area (Å²) in [5.41, 5.74) is -0.767. The van der Waals surface area contributed by atoms with E-state index in [1.54, 1.807) is 0 Å². The smallest absolute Gasteiger partial charge is 0.247 e. The molecule has 1 aromatic heterocycles. The minimum absolute atomic E-state index is 0.350. The molecule has 4 nitrogen and oxygen atoms in total. The molecule has 0 aromatic carbocycles. The zero-order valence-electron chi connectivity index (χ0n) is 4.74. The summed E-state index contributed by atoms with van der Waals surface area (Å²) >= 11 is 0. The number of nitrogens with zero attached hydrogens (tertiary/aromatic N) is 2. The highest BCUT2D eigenvalue weighted by atomic mass is 16.4. The standard InChI is InChI=1S/C5H6N2O2/c8-5(1-2-5)4-7-6-3-9-4/h3,8H,1-2H2. The zero-order chi connectivity index (χ0) is 6.32. The topological polar surface area (TPSA) is 59.2 Å². The fourth-order valence-electron chi connectivity index (χ4n) is 0.708. The third-order valence-corrected chi connectivity index (χ3v) is 1.48. The first-order valence-electron chi connectivity index (χ1n) is 2.80.